The van der Waals surface area contributed by atoms with Crippen LogP contribution in [0.5, 0.6) is 0 Å². The van der Waals surface area contributed by atoms with E-state index in [4.69, 9.17) is 4.74 Å². The summed E-state index contributed by atoms with van der Waals surface area (Å²) in [6.45, 7) is 12.2. The van der Waals surface area contributed by atoms with Crippen LogP contribution in [-0.4, -0.2) is 53.1 Å². The number of rotatable bonds is 7. The van der Waals surface area contributed by atoms with Gasteiger partial charge in [0.2, 0.25) is 5.78 Å². The third-order valence-electron chi connectivity index (χ3n) is 3.27. The van der Waals surface area contributed by atoms with Crippen LogP contribution in [0, 0.1) is 11.8 Å². The third-order valence-corrected chi connectivity index (χ3v) is 3.73. The van der Waals surface area contributed by atoms with Crippen LogP contribution in [0.2, 0.25) is 0 Å². The van der Waals surface area contributed by atoms with Gasteiger partial charge in [-0.2, -0.15) is 13.2 Å². The molecule has 11 heteroatoms. The topological polar surface area (TPSA) is 89.9 Å². The van der Waals surface area contributed by atoms with Crippen LogP contribution in [0.3, 0.4) is 0 Å². The summed E-state index contributed by atoms with van der Waals surface area (Å²) >= 11 is 2.94. The minimum Gasteiger partial charge on any atom is -0.466 e. The molecular formula is C18H32BrF3O6Zn. The zero-order valence-electron chi connectivity index (χ0n) is 18.2. The van der Waals surface area contributed by atoms with Gasteiger partial charge in [-0.05, 0) is 26.7 Å². The van der Waals surface area contributed by atoms with Crippen LogP contribution in [0.15, 0.2) is 0 Å². The van der Waals surface area contributed by atoms with Gasteiger partial charge in [-0.1, -0.05) is 43.6 Å². The average Bonchev–Trinajstić information content (AvgIpc) is 2.54. The summed E-state index contributed by atoms with van der Waals surface area (Å²) in [4.78, 5) is 31.2. The van der Waals surface area contributed by atoms with Crippen molar-refractivity contribution in [2.75, 3.05) is 18.5 Å². The summed E-state index contributed by atoms with van der Waals surface area (Å²) in [5.74, 6) is -3.10. The Hall–Kier alpha value is -0.537. The second-order valence-corrected chi connectivity index (χ2v) is 7.01. The molecule has 29 heavy (non-hydrogen) atoms. The van der Waals surface area contributed by atoms with E-state index in [1.54, 1.807) is 20.8 Å². The molecule has 0 heterocycles. The fourth-order valence-corrected chi connectivity index (χ4v) is 1.40. The Bertz CT molecular complexity index is 469. The molecule has 0 saturated carbocycles. The van der Waals surface area contributed by atoms with E-state index in [-0.39, 0.29) is 43.8 Å². The molecule has 170 valence electrons. The molecule has 0 bridgehead atoms. The molecule has 0 aliphatic carbocycles. The molecule has 0 aromatic rings. The zero-order valence-corrected chi connectivity index (χ0v) is 22.7. The molecule has 0 aliphatic rings. The first-order chi connectivity index (χ1) is 12.6. The number of Topliss-reactive ketones (excluding diaryl/α,β-unsaturated/α-hetero) is 1. The molecule has 0 aromatic carbocycles. The molecule has 0 amide bonds. The van der Waals surface area contributed by atoms with E-state index in [2.05, 4.69) is 20.7 Å². The van der Waals surface area contributed by atoms with Crippen LogP contribution in [0.1, 0.15) is 54.9 Å². The minimum atomic E-state index is -4.66. The Kier molecular flexibility index (Phi) is 22.6. The molecule has 0 saturated heterocycles. The predicted octanol–water partition coefficient (Wildman–Crippen LogP) is 4.06. The quantitative estimate of drug-likeness (QED) is 0.294. The number of alkyl halides is 4. The Morgan fingerprint density at radius 3 is 1.52 bits per heavy atom. The van der Waals surface area contributed by atoms with E-state index >= 15 is 0 Å². The Morgan fingerprint density at radius 1 is 0.966 bits per heavy atom. The molecule has 1 atom stereocenters. The first-order valence-electron chi connectivity index (χ1n) is 8.77. The van der Waals surface area contributed by atoms with E-state index in [1.165, 1.54) is 13.8 Å². The van der Waals surface area contributed by atoms with Gasteiger partial charge in [-0.15, -0.1) is 0 Å². The van der Waals surface area contributed by atoms with Gasteiger partial charge in [0.1, 0.15) is 5.33 Å². The molecule has 0 spiro atoms. The van der Waals surface area contributed by atoms with Gasteiger partial charge >= 0.3 is 18.1 Å². The normalized spacial score (nSPS) is 12.3. The standard InChI is InChI=1S/C9H18O3.C5H7F3O.C4H7BrO2.Zn/c1-5-12-8(10)6-9(4,11)7(2)3;1-3(2)4(9)5(6,7)8;1-2-7-4(6)3-5;/h7,11H,5-6H2,1-4H3;3H,1-2H3;2-3H2,1H3;. The summed E-state index contributed by atoms with van der Waals surface area (Å²) < 4.78 is 43.3. The van der Waals surface area contributed by atoms with E-state index in [9.17, 15) is 32.7 Å². The molecule has 6 nitrogen and oxygen atoms in total. The maximum absolute atomic E-state index is 11.4. The first-order valence-corrected chi connectivity index (χ1v) is 9.89. The van der Waals surface area contributed by atoms with Crippen LogP contribution < -0.4 is 0 Å². The van der Waals surface area contributed by atoms with E-state index in [0.717, 1.165) is 0 Å². The summed E-state index contributed by atoms with van der Waals surface area (Å²) in [6, 6.07) is 0. The molecule has 0 aliphatic heterocycles. The second kappa shape index (κ2) is 18.2. The van der Waals surface area contributed by atoms with E-state index in [0.29, 0.717) is 18.5 Å². The van der Waals surface area contributed by atoms with Crippen molar-refractivity contribution in [1.82, 2.24) is 0 Å². The molecular weight excluding hydrogens is 514 g/mol. The van der Waals surface area contributed by atoms with Crippen molar-refractivity contribution in [3.8, 4) is 0 Å². The van der Waals surface area contributed by atoms with Crippen molar-refractivity contribution in [3.63, 3.8) is 0 Å². The average molecular weight is 547 g/mol. The van der Waals surface area contributed by atoms with E-state index < -0.39 is 23.5 Å². The van der Waals surface area contributed by atoms with Crippen molar-refractivity contribution in [2.45, 2.75) is 66.7 Å². The Morgan fingerprint density at radius 2 is 1.34 bits per heavy atom. The molecule has 1 unspecified atom stereocenters. The number of hydrogen-bond acceptors (Lipinski definition) is 6. The number of ketones is 1. The number of aliphatic hydroxyl groups is 1. The van der Waals surface area contributed by atoms with Crippen molar-refractivity contribution in [2.24, 2.45) is 11.8 Å². The SMILES string of the molecule is CC(C)C(=O)C(F)(F)F.CCOC(=O)CBr.CCOC(=O)CC(C)(O)C(C)C.[Zn]. The number of halogens is 4. The number of carbonyl (C=O) groups is 3. The molecule has 0 aromatic heterocycles. The third kappa shape index (κ3) is 22.0. The first kappa shape index (κ1) is 35.9. The van der Waals surface area contributed by atoms with Crippen LogP contribution in [0.25, 0.3) is 0 Å². The number of esters is 2. The summed E-state index contributed by atoms with van der Waals surface area (Å²) in [5.41, 5.74) is -0.952. The predicted molar refractivity (Wildman–Crippen MR) is 103 cm³/mol. The largest absolute Gasteiger partial charge is 0.466 e. The fourth-order valence-electron chi connectivity index (χ4n) is 1.24. The van der Waals surface area contributed by atoms with Crippen LogP contribution >= 0.6 is 15.9 Å². The Labute approximate surface area is 192 Å². The van der Waals surface area contributed by atoms with Gasteiger partial charge in [-0.3, -0.25) is 14.4 Å². The van der Waals surface area contributed by atoms with Gasteiger partial charge in [0.05, 0.1) is 25.2 Å². The van der Waals surface area contributed by atoms with Crippen molar-refractivity contribution in [3.05, 3.63) is 0 Å². The molecule has 0 radical (unpaired) electrons. The van der Waals surface area contributed by atoms with E-state index in [1.807, 2.05) is 13.8 Å². The number of ether oxygens (including phenoxy) is 2. The summed E-state index contributed by atoms with van der Waals surface area (Å²) in [7, 11) is 0. The monoisotopic (exact) mass is 544 g/mol. The van der Waals surface area contributed by atoms with Gasteiger partial charge in [-0.25, -0.2) is 0 Å². The Balaban J connectivity index is -0.000000165. The van der Waals surface area contributed by atoms with Gasteiger partial charge in [0.25, 0.3) is 0 Å². The summed E-state index contributed by atoms with van der Waals surface area (Å²) in [6.07, 6.45) is -4.59. The van der Waals surface area contributed by atoms with Crippen molar-refractivity contribution < 1.29 is 61.6 Å². The number of hydrogen-bond donors (Lipinski definition) is 1. The van der Waals surface area contributed by atoms with Gasteiger partial charge < -0.3 is 14.6 Å². The smallest absolute Gasteiger partial charge is 0.450 e. The van der Waals surface area contributed by atoms with Crippen LogP contribution in [0.4, 0.5) is 13.2 Å². The summed E-state index contributed by atoms with van der Waals surface area (Å²) in [5, 5.41) is 9.98. The van der Waals surface area contributed by atoms with Gasteiger partial charge in [0, 0.05) is 25.4 Å². The molecule has 0 fully saturated rings. The number of carbonyl (C=O) groups excluding carboxylic acids is 3. The van der Waals surface area contributed by atoms with Crippen LogP contribution in [-0.2, 0) is 43.3 Å². The second-order valence-electron chi connectivity index (χ2n) is 6.45. The van der Waals surface area contributed by atoms with Gasteiger partial charge in [0.15, 0.2) is 0 Å². The molecule has 0 rings (SSSR count). The maximum atomic E-state index is 11.4. The van der Waals surface area contributed by atoms with Crippen molar-refractivity contribution in [1.29, 1.82) is 0 Å². The fraction of sp³-hybridized carbons (Fsp3) is 0.833. The molecule has 1 N–H and O–H groups in total. The maximum Gasteiger partial charge on any atom is 0.450 e. The minimum absolute atomic E-state index is 0. The van der Waals surface area contributed by atoms with Crippen molar-refractivity contribution >= 4 is 33.7 Å². The zero-order chi connectivity index (χ0) is 23.1.